The van der Waals surface area contributed by atoms with Gasteiger partial charge < -0.3 is 4.74 Å². The summed E-state index contributed by atoms with van der Waals surface area (Å²) in [6.07, 6.45) is 4.65. The predicted molar refractivity (Wildman–Crippen MR) is 101 cm³/mol. The van der Waals surface area contributed by atoms with E-state index in [9.17, 15) is 0 Å². The van der Waals surface area contributed by atoms with Gasteiger partial charge in [-0.15, -0.1) is 0 Å². The van der Waals surface area contributed by atoms with E-state index in [4.69, 9.17) is 4.74 Å². The molecule has 0 amide bonds. The van der Waals surface area contributed by atoms with Crippen molar-refractivity contribution in [1.82, 2.24) is 10.2 Å². The zero-order chi connectivity index (χ0) is 17.8. The van der Waals surface area contributed by atoms with Crippen LogP contribution in [0.4, 0.5) is 0 Å². The quantitative estimate of drug-likeness (QED) is 0.597. The van der Waals surface area contributed by atoms with Gasteiger partial charge >= 0.3 is 0 Å². The number of rotatable bonds is 6. The van der Waals surface area contributed by atoms with Gasteiger partial charge in [0.15, 0.2) is 0 Å². The van der Waals surface area contributed by atoms with Crippen LogP contribution in [-0.4, -0.2) is 37.3 Å². The Bertz CT molecular complexity index is 824. The minimum absolute atomic E-state index is 0.392. The van der Waals surface area contributed by atoms with Gasteiger partial charge in [0.05, 0.1) is 18.9 Å². The van der Waals surface area contributed by atoms with Gasteiger partial charge in [0.1, 0.15) is 5.69 Å². The van der Waals surface area contributed by atoms with Gasteiger partial charge in [-0.25, -0.2) is 4.99 Å². The smallest absolute Gasteiger partial charge is 0.223 e. The molecule has 3 rings (SSSR count). The average Bonchev–Trinajstić information content (AvgIpc) is 3.43. The van der Waals surface area contributed by atoms with Crippen LogP contribution in [0.3, 0.4) is 0 Å². The molecule has 5 heteroatoms. The first-order valence-electron chi connectivity index (χ1n) is 8.24. The average molecular weight is 334 g/mol. The van der Waals surface area contributed by atoms with Gasteiger partial charge in [-0.1, -0.05) is 29.8 Å². The normalized spacial score (nSPS) is 20.3. The molecule has 0 aliphatic heterocycles. The van der Waals surface area contributed by atoms with Crippen LogP contribution in [0.2, 0.25) is 0 Å². The molecule has 2 atom stereocenters. The molecule has 0 saturated heterocycles. The molecule has 0 radical (unpaired) electrons. The van der Waals surface area contributed by atoms with Crippen molar-refractivity contribution in [3.05, 3.63) is 64.8 Å². The summed E-state index contributed by atoms with van der Waals surface area (Å²) < 4.78 is 5.28. The van der Waals surface area contributed by atoms with Crippen molar-refractivity contribution in [1.29, 1.82) is 0 Å². The number of aromatic nitrogens is 2. The molecular formula is C20H22N4O. The van der Waals surface area contributed by atoms with Crippen molar-refractivity contribution < 1.29 is 4.74 Å². The summed E-state index contributed by atoms with van der Waals surface area (Å²) in [4.78, 5) is 7.98. The van der Waals surface area contributed by atoms with Crippen molar-refractivity contribution in [3.8, 4) is 0 Å². The number of hydrogen-bond donors (Lipinski definition) is 0. The third kappa shape index (κ3) is 3.65. The van der Waals surface area contributed by atoms with Gasteiger partial charge in [-0.05, 0) is 49.1 Å². The van der Waals surface area contributed by atoms with Gasteiger partial charge in [0.2, 0.25) is 5.88 Å². The Balaban J connectivity index is 1.89. The van der Waals surface area contributed by atoms with Crippen LogP contribution in [-0.2, 0) is 4.74 Å². The third-order valence-electron chi connectivity index (χ3n) is 4.50. The zero-order valence-electron chi connectivity index (χ0n) is 14.8. The summed E-state index contributed by atoms with van der Waals surface area (Å²) in [7, 11) is 3.25. The first-order chi connectivity index (χ1) is 12.2. The van der Waals surface area contributed by atoms with Crippen molar-refractivity contribution in [2.45, 2.75) is 25.2 Å². The summed E-state index contributed by atoms with van der Waals surface area (Å²) in [5.41, 5.74) is 5.22. The number of nitrogens with zero attached hydrogens (tertiary/aromatic N) is 4. The number of ether oxygens (including phenoxy) is 1. The number of benzene rings is 1. The molecule has 5 nitrogen and oxygen atoms in total. The molecule has 0 N–H and O–H groups in total. The Morgan fingerprint density at radius 3 is 2.60 bits per heavy atom. The minimum atomic E-state index is 0.392. The number of aliphatic imine (C=N–C) groups is 2. The zero-order valence-corrected chi connectivity index (χ0v) is 14.8. The van der Waals surface area contributed by atoms with Crippen LogP contribution in [0.25, 0.3) is 5.57 Å². The van der Waals surface area contributed by atoms with E-state index in [0.29, 0.717) is 29.0 Å². The molecule has 2 aromatic rings. The van der Waals surface area contributed by atoms with Crippen LogP contribution >= 0.6 is 0 Å². The molecule has 0 bridgehead atoms. The molecule has 25 heavy (non-hydrogen) atoms. The second-order valence-corrected chi connectivity index (χ2v) is 6.20. The van der Waals surface area contributed by atoms with Crippen LogP contribution in [0.15, 0.2) is 52.4 Å². The van der Waals surface area contributed by atoms with Crippen molar-refractivity contribution in [2.75, 3.05) is 14.2 Å². The highest BCUT2D eigenvalue weighted by molar-refractivity contribution is 6.09. The van der Waals surface area contributed by atoms with E-state index in [2.05, 4.69) is 58.1 Å². The molecule has 1 saturated carbocycles. The summed E-state index contributed by atoms with van der Waals surface area (Å²) in [6.45, 7) is 5.65. The molecule has 0 spiro atoms. The van der Waals surface area contributed by atoms with E-state index < -0.39 is 0 Å². The number of hydrogen-bond acceptors (Lipinski definition) is 5. The molecular weight excluding hydrogens is 312 g/mol. The fourth-order valence-electron chi connectivity index (χ4n) is 3.08. The molecule has 2 unspecified atom stereocenters. The Morgan fingerprint density at radius 1 is 1.24 bits per heavy atom. The van der Waals surface area contributed by atoms with Crippen molar-refractivity contribution in [3.63, 3.8) is 0 Å². The van der Waals surface area contributed by atoms with Crippen LogP contribution < -0.4 is 0 Å². The summed E-state index contributed by atoms with van der Waals surface area (Å²) in [6, 6.07) is 10.8. The van der Waals surface area contributed by atoms with Gasteiger partial charge in [0, 0.05) is 13.3 Å². The van der Waals surface area contributed by atoms with Gasteiger partial charge in [0.25, 0.3) is 0 Å². The molecule has 1 aromatic heterocycles. The van der Waals surface area contributed by atoms with E-state index in [-0.39, 0.29) is 0 Å². The lowest BCUT2D eigenvalue weighted by atomic mass is 10.0. The van der Waals surface area contributed by atoms with Gasteiger partial charge in [-0.2, -0.15) is 10.2 Å². The van der Waals surface area contributed by atoms with E-state index in [0.717, 1.165) is 6.42 Å². The maximum absolute atomic E-state index is 5.28. The third-order valence-corrected chi connectivity index (χ3v) is 4.50. The highest BCUT2D eigenvalue weighted by atomic mass is 16.5. The first-order valence-corrected chi connectivity index (χ1v) is 8.24. The Hall–Kier alpha value is -2.82. The fraction of sp³-hybridized carbons (Fsp3) is 0.300. The van der Waals surface area contributed by atoms with Crippen LogP contribution in [0, 0.1) is 6.92 Å². The van der Waals surface area contributed by atoms with E-state index in [1.165, 1.54) is 16.7 Å². The van der Waals surface area contributed by atoms with Crippen LogP contribution in [0.5, 0.6) is 0 Å². The lowest BCUT2D eigenvalue weighted by Crippen LogP contribution is -2.00. The Morgan fingerprint density at radius 2 is 1.96 bits per heavy atom. The molecule has 1 heterocycles. The van der Waals surface area contributed by atoms with Crippen molar-refractivity contribution >= 4 is 18.5 Å². The second kappa shape index (κ2) is 7.38. The fourth-order valence-corrected chi connectivity index (χ4v) is 3.08. The maximum atomic E-state index is 5.28. The first kappa shape index (κ1) is 17.0. The monoisotopic (exact) mass is 334 g/mol. The number of aryl methyl sites for hydroxylation is 1. The lowest BCUT2D eigenvalue weighted by Gasteiger charge is -2.07. The van der Waals surface area contributed by atoms with Crippen molar-refractivity contribution in [2.24, 2.45) is 9.98 Å². The Labute approximate surface area is 148 Å². The largest absolute Gasteiger partial charge is 0.480 e. The van der Waals surface area contributed by atoms with Crippen LogP contribution in [0.1, 0.15) is 40.6 Å². The highest BCUT2D eigenvalue weighted by Gasteiger charge is 2.39. The topological polar surface area (TPSA) is 59.7 Å². The second-order valence-electron chi connectivity index (χ2n) is 6.20. The summed E-state index contributed by atoms with van der Waals surface area (Å²) in [5.74, 6) is 1.41. The van der Waals surface area contributed by atoms with Gasteiger partial charge in [-0.3, -0.25) is 4.99 Å². The van der Waals surface area contributed by atoms with E-state index >= 15 is 0 Å². The minimum Gasteiger partial charge on any atom is -0.480 e. The summed E-state index contributed by atoms with van der Waals surface area (Å²) in [5, 5.41) is 8.41. The SMILES string of the molecule is C=N/C(OC)=C(\C=N/C)c1cc(C2CC2c2ccc(C)cc2)cnn1. The highest BCUT2D eigenvalue weighted by Crippen LogP contribution is 2.54. The molecule has 128 valence electrons. The predicted octanol–water partition coefficient (Wildman–Crippen LogP) is 3.77. The van der Waals surface area contributed by atoms with E-state index in [1.807, 2.05) is 12.3 Å². The Kier molecular flexibility index (Phi) is 5.03. The molecule has 1 aliphatic rings. The number of allylic oxidation sites excluding steroid dienone is 1. The maximum Gasteiger partial charge on any atom is 0.223 e. The lowest BCUT2D eigenvalue weighted by molar-refractivity contribution is 0.292. The standard InChI is InChI=1S/C20H22N4O/c1-13-5-7-14(8-6-13)16-10-17(16)15-9-19(24-23-11-15)18(12-21-2)20(22-3)25-4/h5-9,11-12,16-17H,3,10H2,1-2,4H3/b20-18-,21-12-. The molecule has 1 aromatic carbocycles. The summed E-state index contributed by atoms with van der Waals surface area (Å²) >= 11 is 0. The number of methoxy groups -OCH3 is 1. The van der Waals surface area contributed by atoms with E-state index in [1.54, 1.807) is 20.4 Å². The molecule has 1 fully saturated rings. The molecule has 1 aliphatic carbocycles.